The standard InChI is InChI=1S/C18H30O7/c1-6-8-10-21-15-14-16(24-17(3,4)23-14)25-18(15,11-19)13(9-7-2)22-12-20-5/h7,11,13-16H,2,6,8-10,12H2,1,3-5H3/t13-,14+,15+,16-,18+/m0/s1. The van der Waals surface area contributed by atoms with E-state index >= 15 is 0 Å². The van der Waals surface area contributed by atoms with E-state index in [0.29, 0.717) is 13.0 Å². The Morgan fingerprint density at radius 1 is 1.28 bits per heavy atom. The van der Waals surface area contributed by atoms with E-state index in [2.05, 4.69) is 13.5 Å². The zero-order valence-corrected chi connectivity index (χ0v) is 15.6. The van der Waals surface area contributed by atoms with Gasteiger partial charge in [-0.1, -0.05) is 19.4 Å². The molecule has 0 amide bonds. The fourth-order valence-electron chi connectivity index (χ4n) is 3.27. The maximum absolute atomic E-state index is 12.2. The number of fused-ring (bicyclic) bond motifs is 1. The molecule has 2 aliphatic heterocycles. The Bertz CT molecular complexity index is 453. The molecule has 0 unspecified atom stereocenters. The van der Waals surface area contributed by atoms with Crippen LogP contribution in [0, 0.1) is 0 Å². The largest absolute Gasteiger partial charge is 0.372 e. The van der Waals surface area contributed by atoms with Crippen LogP contribution in [0.25, 0.3) is 0 Å². The summed E-state index contributed by atoms with van der Waals surface area (Å²) in [6.07, 6.45) is 2.23. The number of aldehydes is 1. The Kier molecular flexibility index (Phi) is 7.13. The SMILES string of the molecule is C=CC[C@H](OCOC)[C@@]1(C=O)O[C@@H]2OC(C)(C)O[C@@H]2[C@H]1OCCCC. The van der Waals surface area contributed by atoms with Crippen LogP contribution in [0.1, 0.15) is 40.0 Å². The van der Waals surface area contributed by atoms with Gasteiger partial charge in [0.25, 0.3) is 0 Å². The first-order valence-electron chi connectivity index (χ1n) is 8.77. The van der Waals surface area contributed by atoms with E-state index < -0.39 is 36.0 Å². The van der Waals surface area contributed by atoms with Crippen LogP contribution in [0.3, 0.4) is 0 Å². The van der Waals surface area contributed by atoms with Crippen molar-refractivity contribution in [1.29, 1.82) is 0 Å². The molecule has 0 aromatic carbocycles. The summed E-state index contributed by atoms with van der Waals surface area (Å²) in [6.45, 7) is 9.96. The third-order valence-corrected chi connectivity index (χ3v) is 4.40. The highest BCUT2D eigenvalue weighted by atomic mass is 16.8. The van der Waals surface area contributed by atoms with E-state index in [0.717, 1.165) is 19.1 Å². The highest BCUT2D eigenvalue weighted by Crippen LogP contribution is 2.45. The number of carbonyl (C=O) groups is 1. The van der Waals surface area contributed by atoms with E-state index in [1.807, 2.05) is 13.8 Å². The lowest BCUT2D eigenvalue weighted by Gasteiger charge is -2.37. The molecule has 2 saturated heterocycles. The van der Waals surface area contributed by atoms with E-state index in [4.69, 9.17) is 28.4 Å². The summed E-state index contributed by atoms with van der Waals surface area (Å²) in [5, 5.41) is 0. The van der Waals surface area contributed by atoms with E-state index in [9.17, 15) is 4.79 Å². The maximum atomic E-state index is 12.2. The van der Waals surface area contributed by atoms with Crippen LogP contribution in [0.5, 0.6) is 0 Å². The van der Waals surface area contributed by atoms with Gasteiger partial charge in [0.1, 0.15) is 25.1 Å². The fraction of sp³-hybridized carbons (Fsp3) is 0.833. The van der Waals surface area contributed by atoms with Crippen LogP contribution in [-0.4, -0.2) is 62.8 Å². The van der Waals surface area contributed by atoms with Crippen LogP contribution in [0.15, 0.2) is 12.7 Å². The van der Waals surface area contributed by atoms with Gasteiger partial charge in [0.15, 0.2) is 24.0 Å². The fourth-order valence-corrected chi connectivity index (χ4v) is 3.27. The van der Waals surface area contributed by atoms with Crippen molar-refractivity contribution < 1.29 is 33.2 Å². The summed E-state index contributed by atoms with van der Waals surface area (Å²) in [7, 11) is 1.52. The Labute approximate surface area is 149 Å². The van der Waals surface area contributed by atoms with Gasteiger partial charge in [0, 0.05) is 13.7 Å². The molecule has 2 heterocycles. The van der Waals surface area contributed by atoms with Crippen molar-refractivity contribution in [1.82, 2.24) is 0 Å². The summed E-state index contributed by atoms with van der Waals surface area (Å²) < 4.78 is 34.6. The number of hydrogen-bond acceptors (Lipinski definition) is 7. The van der Waals surface area contributed by atoms with E-state index in [-0.39, 0.29) is 6.79 Å². The normalized spacial score (nSPS) is 34.6. The van der Waals surface area contributed by atoms with Crippen molar-refractivity contribution in [2.75, 3.05) is 20.5 Å². The van der Waals surface area contributed by atoms with E-state index in [1.165, 1.54) is 7.11 Å². The minimum atomic E-state index is -1.34. The monoisotopic (exact) mass is 358 g/mol. The van der Waals surface area contributed by atoms with Crippen LogP contribution in [0.2, 0.25) is 0 Å². The Hall–Kier alpha value is -0.830. The molecular formula is C18H30O7. The maximum Gasteiger partial charge on any atom is 0.191 e. The molecule has 7 nitrogen and oxygen atoms in total. The smallest absolute Gasteiger partial charge is 0.191 e. The number of rotatable bonds is 11. The van der Waals surface area contributed by atoms with Crippen LogP contribution in [0.4, 0.5) is 0 Å². The molecule has 2 rings (SSSR count). The van der Waals surface area contributed by atoms with Gasteiger partial charge >= 0.3 is 0 Å². The van der Waals surface area contributed by atoms with Crippen molar-refractivity contribution in [2.24, 2.45) is 0 Å². The zero-order valence-electron chi connectivity index (χ0n) is 15.6. The predicted octanol–water partition coefficient (Wildman–Crippen LogP) is 2.18. The van der Waals surface area contributed by atoms with E-state index in [1.54, 1.807) is 6.08 Å². The number of hydrogen-bond donors (Lipinski definition) is 0. The second-order valence-corrected chi connectivity index (χ2v) is 6.79. The highest BCUT2D eigenvalue weighted by molar-refractivity contribution is 5.66. The van der Waals surface area contributed by atoms with Gasteiger partial charge in [-0.15, -0.1) is 6.58 Å². The van der Waals surface area contributed by atoms with Gasteiger partial charge in [-0.2, -0.15) is 0 Å². The Morgan fingerprint density at radius 3 is 2.64 bits per heavy atom. The first-order valence-corrected chi connectivity index (χ1v) is 8.77. The lowest BCUT2D eigenvalue weighted by Crippen LogP contribution is -2.57. The molecule has 0 saturated carbocycles. The summed E-state index contributed by atoms with van der Waals surface area (Å²) in [4.78, 5) is 12.2. The Balaban J connectivity index is 2.28. The zero-order chi connectivity index (χ0) is 18.5. The number of carbonyl (C=O) groups excluding carboxylic acids is 1. The molecule has 0 aliphatic carbocycles. The topological polar surface area (TPSA) is 72.5 Å². The highest BCUT2D eigenvalue weighted by Gasteiger charge is 2.65. The Morgan fingerprint density at radius 2 is 2.04 bits per heavy atom. The quantitative estimate of drug-likeness (QED) is 0.243. The third-order valence-electron chi connectivity index (χ3n) is 4.40. The van der Waals surface area contributed by atoms with Crippen molar-refractivity contribution in [3.8, 4) is 0 Å². The first-order chi connectivity index (χ1) is 11.9. The molecular weight excluding hydrogens is 328 g/mol. The minimum Gasteiger partial charge on any atom is -0.372 e. The van der Waals surface area contributed by atoms with Gasteiger partial charge in [-0.25, -0.2) is 0 Å². The molecule has 0 spiro atoms. The molecule has 5 atom stereocenters. The molecule has 0 aromatic rings. The van der Waals surface area contributed by atoms with Crippen LogP contribution < -0.4 is 0 Å². The number of methoxy groups -OCH3 is 1. The predicted molar refractivity (Wildman–Crippen MR) is 89.9 cm³/mol. The van der Waals surface area contributed by atoms with Crippen molar-refractivity contribution >= 4 is 6.29 Å². The van der Waals surface area contributed by atoms with Gasteiger partial charge in [0.05, 0.1) is 0 Å². The molecule has 7 heteroatoms. The van der Waals surface area contributed by atoms with Gasteiger partial charge in [0.2, 0.25) is 0 Å². The van der Waals surface area contributed by atoms with Crippen molar-refractivity contribution in [3.63, 3.8) is 0 Å². The molecule has 2 fully saturated rings. The average Bonchev–Trinajstić information content (AvgIpc) is 3.01. The molecule has 0 N–H and O–H groups in total. The molecule has 0 bridgehead atoms. The molecule has 25 heavy (non-hydrogen) atoms. The summed E-state index contributed by atoms with van der Waals surface area (Å²) in [5.74, 6) is -0.794. The van der Waals surface area contributed by atoms with Gasteiger partial charge in [-0.05, 0) is 26.7 Å². The van der Waals surface area contributed by atoms with Gasteiger partial charge in [-0.3, -0.25) is 4.79 Å². The lowest BCUT2D eigenvalue weighted by atomic mass is 9.88. The lowest BCUT2D eigenvalue weighted by molar-refractivity contribution is -0.262. The third kappa shape index (κ3) is 4.30. The summed E-state index contributed by atoms with van der Waals surface area (Å²) in [5.41, 5.74) is -1.34. The summed E-state index contributed by atoms with van der Waals surface area (Å²) >= 11 is 0. The van der Waals surface area contributed by atoms with Crippen LogP contribution in [-0.2, 0) is 33.2 Å². The minimum absolute atomic E-state index is 0.0294. The number of unbranched alkanes of at least 4 members (excludes halogenated alkanes) is 1. The second kappa shape index (κ2) is 8.70. The average molecular weight is 358 g/mol. The molecule has 0 radical (unpaired) electrons. The number of ether oxygens (including phenoxy) is 6. The molecule has 2 aliphatic rings. The first kappa shape index (κ1) is 20.5. The van der Waals surface area contributed by atoms with Crippen molar-refractivity contribution in [3.05, 3.63) is 12.7 Å². The van der Waals surface area contributed by atoms with Gasteiger partial charge < -0.3 is 28.4 Å². The second-order valence-electron chi connectivity index (χ2n) is 6.79. The van der Waals surface area contributed by atoms with Crippen LogP contribution >= 0.6 is 0 Å². The molecule has 144 valence electrons. The van der Waals surface area contributed by atoms with Crippen molar-refractivity contribution in [2.45, 2.75) is 76.0 Å². The molecule has 0 aromatic heterocycles. The summed E-state index contributed by atoms with van der Waals surface area (Å²) in [6, 6.07) is 0.